The standard InChI is InChI=1S/C27H32N4O4/c1-5-35-19-9-10-22-20(14-19)21-15-27(4)25(33)30(12-11-28-16(2)3)26(34)31(27)24(23(21)29-22)17-7-6-8-18(32)13-17/h6-10,13-14,16,24,28-29,32H,5,11-12,15H2,1-4H3. The average molecular weight is 477 g/mol. The third-order valence-corrected chi connectivity index (χ3v) is 7.02. The fraction of sp³-hybridized carbons (Fsp3) is 0.407. The van der Waals surface area contributed by atoms with E-state index in [0.29, 0.717) is 26.1 Å². The summed E-state index contributed by atoms with van der Waals surface area (Å²) >= 11 is 0. The zero-order valence-corrected chi connectivity index (χ0v) is 20.6. The van der Waals surface area contributed by atoms with Crippen LogP contribution in [0.2, 0.25) is 0 Å². The number of urea groups is 1. The SMILES string of the molecule is CCOc1ccc2[nH]c3c(c2c1)CC1(C)C(=O)N(CCNC(C)C)C(=O)N1C3c1cccc(O)c1. The van der Waals surface area contributed by atoms with Crippen molar-refractivity contribution in [3.05, 3.63) is 59.3 Å². The van der Waals surface area contributed by atoms with Crippen LogP contribution >= 0.6 is 0 Å². The summed E-state index contributed by atoms with van der Waals surface area (Å²) in [4.78, 5) is 34.1. The smallest absolute Gasteiger partial charge is 0.328 e. The van der Waals surface area contributed by atoms with E-state index in [-0.39, 0.29) is 23.7 Å². The molecule has 5 rings (SSSR count). The van der Waals surface area contributed by atoms with Crippen molar-refractivity contribution in [3.63, 3.8) is 0 Å². The number of rotatable bonds is 7. The van der Waals surface area contributed by atoms with E-state index < -0.39 is 11.6 Å². The number of aromatic amines is 1. The molecular weight excluding hydrogens is 444 g/mol. The zero-order chi connectivity index (χ0) is 24.9. The number of carbonyl (C=O) groups excluding carboxylic acids is 2. The molecule has 2 aliphatic heterocycles. The first-order chi connectivity index (χ1) is 16.7. The first-order valence-electron chi connectivity index (χ1n) is 12.2. The lowest BCUT2D eigenvalue weighted by Gasteiger charge is -2.42. The fourth-order valence-electron chi connectivity index (χ4n) is 5.45. The van der Waals surface area contributed by atoms with Gasteiger partial charge in [-0.1, -0.05) is 26.0 Å². The second-order valence-electron chi connectivity index (χ2n) is 9.82. The van der Waals surface area contributed by atoms with Gasteiger partial charge in [0.1, 0.15) is 23.1 Å². The van der Waals surface area contributed by atoms with E-state index >= 15 is 0 Å². The summed E-state index contributed by atoms with van der Waals surface area (Å²) < 4.78 is 5.74. The Balaban J connectivity index is 1.66. The van der Waals surface area contributed by atoms with Crippen molar-refractivity contribution in [2.24, 2.45) is 0 Å². The number of benzene rings is 2. The van der Waals surface area contributed by atoms with Gasteiger partial charge in [0.05, 0.1) is 6.61 Å². The topological polar surface area (TPSA) is 97.9 Å². The van der Waals surface area contributed by atoms with Crippen LogP contribution in [0.4, 0.5) is 4.79 Å². The van der Waals surface area contributed by atoms with Crippen LogP contribution in [0.3, 0.4) is 0 Å². The molecule has 0 aliphatic carbocycles. The maximum Gasteiger partial charge on any atom is 0.328 e. The molecule has 0 saturated carbocycles. The van der Waals surface area contributed by atoms with E-state index in [1.54, 1.807) is 23.1 Å². The van der Waals surface area contributed by atoms with Crippen LogP contribution in [-0.2, 0) is 11.2 Å². The van der Waals surface area contributed by atoms with Gasteiger partial charge in [-0.15, -0.1) is 0 Å². The normalized spacial score (nSPS) is 21.7. The van der Waals surface area contributed by atoms with E-state index in [0.717, 1.165) is 33.5 Å². The lowest BCUT2D eigenvalue weighted by molar-refractivity contribution is -0.133. The van der Waals surface area contributed by atoms with Gasteiger partial charge < -0.3 is 20.1 Å². The first-order valence-corrected chi connectivity index (χ1v) is 12.2. The summed E-state index contributed by atoms with van der Waals surface area (Å²) in [7, 11) is 0. The number of phenols is 1. The number of aromatic hydroxyl groups is 1. The third kappa shape index (κ3) is 3.72. The summed E-state index contributed by atoms with van der Waals surface area (Å²) in [5.74, 6) is 0.680. The number of phenolic OH excluding ortho intramolecular Hbond substituents is 1. The molecule has 3 heterocycles. The lowest BCUT2D eigenvalue weighted by Crippen LogP contribution is -2.53. The molecule has 2 aliphatic rings. The number of fused-ring (bicyclic) bond motifs is 4. The molecular formula is C27H32N4O4. The Kier molecular flexibility index (Phi) is 5.71. The Morgan fingerprint density at radius 3 is 2.74 bits per heavy atom. The molecule has 2 unspecified atom stereocenters. The van der Waals surface area contributed by atoms with Crippen LogP contribution in [0.15, 0.2) is 42.5 Å². The Morgan fingerprint density at radius 1 is 1.23 bits per heavy atom. The molecule has 3 N–H and O–H groups in total. The predicted octanol–water partition coefficient (Wildman–Crippen LogP) is 3.94. The van der Waals surface area contributed by atoms with E-state index in [9.17, 15) is 14.7 Å². The number of aromatic nitrogens is 1. The van der Waals surface area contributed by atoms with E-state index in [1.807, 2.05) is 52.0 Å². The first kappa shape index (κ1) is 23.2. The molecule has 0 bridgehead atoms. The molecule has 2 atom stereocenters. The fourth-order valence-corrected chi connectivity index (χ4v) is 5.45. The summed E-state index contributed by atoms with van der Waals surface area (Å²) in [5, 5.41) is 14.5. The largest absolute Gasteiger partial charge is 0.508 e. The van der Waals surface area contributed by atoms with Crippen molar-refractivity contribution in [1.29, 1.82) is 0 Å². The van der Waals surface area contributed by atoms with E-state index in [4.69, 9.17) is 4.74 Å². The van der Waals surface area contributed by atoms with Crippen molar-refractivity contribution in [2.45, 2.75) is 51.7 Å². The van der Waals surface area contributed by atoms with Crippen LogP contribution in [0.25, 0.3) is 10.9 Å². The highest BCUT2D eigenvalue weighted by atomic mass is 16.5. The van der Waals surface area contributed by atoms with Crippen LogP contribution < -0.4 is 10.1 Å². The third-order valence-electron chi connectivity index (χ3n) is 7.02. The molecule has 3 amide bonds. The molecule has 35 heavy (non-hydrogen) atoms. The Bertz CT molecular complexity index is 1300. The molecule has 0 spiro atoms. The summed E-state index contributed by atoms with van der Waals surface area (Å²) in [5.41, 5.74) is 2.48. The number of nitrogens with zero attached hydrogens (tertiary/aromatic N) is 2. The Labute approximate surface area is 204 Å². The van der Waals surface area contributed by atoms with Crippen molar-refractivity contribution < 1.29 is 19.4 Å². The van der Waals surface area contributed by atoms with Crippen LogP contribution in [-0.4, -0.2) is 63.1 Å². The number of carbonyl (C=O) groups is 2. The molecule has 1 saturated heterocycles. The Morgan fingerprint density at radius 2 is 2.03 bits per heavy atom. The van der Waals surface area contributed by atoms with Crippen molar-refractivity contribution >= 4 is 22.8 Å². The molecule has 2 aromatic carbocycles. The number of nitrogens with one attached hydrogen (secondary N) is 2. The maximum atomic E-state index is 13.8. The number of hydrogen-bond donors (Lipinski definition) is 3. The maximum absolute atomic E-state index is 13.8. The van der Waals surface area contributed by atoms with Gasteiger partial charge in [0.2, 0.25) is 0 Å². The number of imide groups is 1. The summed E-state index contributed by atoms with van der Waals surface area (Å²) in [6, 6.07) is 12.2. The highest BCUT2D eigenvalue weighted by Gasteiger charge is 2.60. The monoisotopic (exact) mass is 476 g/mol. The summed E-state index contributed by atoms with van der Waals surface area (Å²) in [6.45, 7) is 9.25. The zero-order valence-electron chi connectivity index (χ0n) is 20.6. The van der Waals surface area contributed by atoms with Crippen LogP contribution in [0.5, 0.6) is 11.5 Å². The quantitative estimate of drug-likeness (QED) is 0.449. The minimum Gasteiger partial charge on any atom is -0.508 e. The second kappa shape index (κ2) is 8.61. The van der Waals surface area contributed by atoms with Crippen molar-refractivity contribution in [1.82, 2.24) is 20.1 Å². The summed E-state index contributed by atoms with van der Waals surface area (Å²) in [6.07, 6.45) is 0.395. The van der Waals surface area contributed by atoms with Crippen molar-refractivity contribution in [2.75, 3.05) is 19.7 Å². The second-order valence-corrected chi connectivity index (χ2v) is 9.82. The van der Waals surface area contributed by atoms with Gasteiger partial charge in [0.15, 0.2) is 0 Å². The number of H-pyrrole nitrogens is 1. The van der Waals surface area contributed by atoms with Gasteiger partial charge in [0, 0.05) is 42.1 Å². The molecule has 0 radical (unpaired) electrons. The van der Waals surface area contributed by atoms with Gasteiger partial charge in [-0.25, -0.2) is 4.79 Å². The molecule has 3 aromatic rings. The highest BCUT2D eigenvalue weighted by Crippen LogP contribution is 2.49. The van der Waals surface area contributed by atoms with Crippen molar-refractivity contribution in [3.8, 4) is 11.5 Å². The number of amides is 3. The molecule has 1 aromatic heterocycles. The molecule has 8 heteroatoms. The van der Waals surface area contributed by atoms with E-state index in [2.05, 4.69) is 10.3 Å². The molecule has 1 fully saturated rings. The number of hydrogen-bond acceptors (Lipinski definition) is 5. The lowest BCUT2D eigenvalue weighted by atomic mass is 9.81. The number of ether oxygens (including phenoxy) is 1. The van der Waals surface area contributed by atoms with Gasteiger partial charge in [-0.05, 0) is 55.3 Å². The molecule has 184 valence electrons. The highest BCUT2D eigenvalue weighted by molar-refractivity contribution is 6.08. The predicted molar refractivity (Wildman–Crippen MR) is 134 cm³/mol. The minimum absolute atomic E-state index is 0.113. The van der Waals surface area contributed by atoms with Crippen LogP contribution in [0.1, 0.15) is 50.6 Å². The average Bonchev–Trinajstić information content (AvgIpc) is 3.25. The van der Waals surface area contributed by atoms with Gasteiger partial charge in [0.25, 0.3) is 5.91 Å². The van der Waals surface area contributed by atoms with Gasteiger partial charge >= 0.3 is 6.03 Å². The molecule has 8 nitrogen and oxygen atoms in total. The van der Waals surface area contributed by atoms with Gasteiger partial charge in [-0.2, -0.15) is 0 Å². The van der Waals surface area contributed by atoms with E-state index in [1.165, 1.54) is 4.90 Å². The van der Waals surface area contributed by atoms with Crippen LogP contribution in [0, 0.1) is 0 Å². The minimum atomic E-state index is -1.05. The Hall–Kier alpha value is -3.52. The van der Waals surface area contributed by atoms with Gasteiger partial charge in [-0.3, -0.25) is 14.6 Å².